The summed E-state index contributed by atoms with van der Waals surface area (Å²) in [5, 5.41) is 29.4. The van der Waals surface area contributed by atoms with Gasteiger partial charge in [0.1, 0.15) is 17.5 Å². The van der Waals surface area contributed by atoms with Crippen LogP contribution < -0.4 is 10.6 Å². The van der Waals surface area contributed by atoms with Crippen LogP contribution in [0.3, 0.4) is 0 Å². The van der Waals surface area contributed by atoms with Crippen LogP contribution in [-0.4, -0.2) is 43.5 Å². The van der Waals surface area contributed by atoms with Crippen LogP contribution in [0.15, 0.2) is 12.3 Å². The van der Waals surface area contributed by atoms with E-state index in [4.69, 9.17) is 0 Å². The summed E-state index contributed by atoms with van der Waals surface area (Å²) in [4.78, 5) is 8.48. The molecule has 31 heavy (non-hydrogen) atoms. The lowest BCUT2D eigenvalue weighted by Gasteiger charge is -2.40. The maximum atomic E-state index is 12.8. The molecule has 1 fully saturated rings. The van der Waals surface area contributed by atoms with Crippen LogP contribution >= 0.6 is 0 Å². The molecule has 0 amide bonds. The van der Waals surface area contributed by atoms with Crippen molar-refractivity contribution in [3.05, 3.63) is 29.2 Å². The van der Waals surface area contributed by atoms with Crippen molar-refractivity contribution in [2.45, 2.75) is 64.9 Å². The number of hydrogen-bond donors (Lipinski definition) is 3. The zero-order valence-corrected chi connectivity index (χ0v) is 17.7. The molecule has 3 rings (SSSR count). The second kappa shape index (κ2) is 8.70. The number of aliphatic hydroxyl groups excluding tert-OH is 1. The van der Waals surface area contributed by atoms with Crippen molar-refractivity contribution in [2.75, 3.05) is 17.2 Å². The molecule has 11 heteroatoms. The van der Waals surface area contributed by atoms with Crippen LogP contribution in [0.5, 0.6) is 0 Å². The molecule has 170 valence electrons. The summed E-state index contributed by atoms with van der Waals surface area (Å²) in [5.74, 6) is 0.657. The van der Waals surface area contributed by atoms with E-state index in [-0.39, 0.29) is 38.0 Å². The molecule has 2 heterocycles. The molecule has 3 N–H and O–H groups in total. The average molecular weight is 439 g/mol. The van der Waals surface area contributed by atoms with Gasteiger partial charge in [-0.25, -0.2) is 4.98 Å². The van der Waals surface area contributed by atoms with E-state index in [2.05, 4.69) is 31.8 Å². The van der Waals surface area contributed by atoms with Gasteiger partial charge in [0, 0.05) is 19.7 Å². The molecule has 2 atom stereocenters. The Morgan fingerprint density at radius 3 is 2.74 bits per heavy atom. The van der Waals surface area contributed by atoms with Crippen LogP contribution in [0, 0.1) is 23.7 Å². The van der Waals surface area contributed by atoms with Crippen molar-refractivity contribution >= 4 is 11.8 Å². The molecule has 0 aliphatic heterocycles. The molecule has 1 saturated carbocycles. The van der Waals surface area contributed by atoms with Crippen molar-refractivity contribution in [1.82, 2.24) is 19.7 Å². The number of nitriles is 1. The van der Waals surface area contributed by atoms with Gasteiger partial charge >= 0.3 is 6.18 Å². The van der Waals surface area contributed by atoms with Gasteiger partial charge in [0.05, 0.1) is 18.8 Å². The van der Waals surface area contributed by atoms with Crippen LogP contribution in [-0.2, 0) is 12.7 Å². The van der Waals surface area contributed by atoms with Gasteiger partial charge in [-0.2, -0.15) is 28.5 Å². The molecule has 8 nitrogen and oxygen atoms in total. The Morgan fingerprint density at radius 1 is 1.39 bits per heavy atom. The van der Waals surface area contributed by atoms with Crippen molar-refractivity contribution < 1.29 is 19.7 Å². The lowest BCUT2D eigenvalue weighted by Crippen LogP contribution is -2.41. The fraction of sp³-hybridized carbons (Fsp3) is 0.600. The second-order valence-electron chi connectivity index (χ2n) is 8.51. The lowest BCUT2D eigenvalue weighted by molar-refractivity contribution is -0.141. The van der Waals surface area contributed by atoms with Gasteiger partial charge in [0.15, 0.2) is 5.69 Å². The van der Waals surface area contributed by atoms with Crippen LogP contribution in [0.1, 0.15) is 51.5 Å². The molecule has 0 unspecified atom stereocenters. The molecule has 2 aromatic heterocycles. The zero-order chi connectivity index (χ0) is 22.8. The number of anilines is 2. The zero-order valence-electron chi connectivity index (χ0n) is 17.7. The van der Waals surface area contributed by atoms with E-state index in [1.165, 1.54) is 10.9 Å². The van der Waals surface area contributed by atoms with Crippen LogP contribution in [0.25, 0.3) is 0 Å². The van der Waals surface area contributed by atoms with Crippen molar-refractivity contribution in [3.63, 3.8) is 0 Å². The maximum Gasteiger partial charge on any atom is 0.435 e. The predicted molar refractivity (Wildman–Crippen MR) is 110 cm³/mol. The maximum absolute atomic E-state index is 12.8. The molecular weight excluding hydrogens is 411 g/mol. The van der Waals surface area contributed by atoms with Gasteiger partial charge in [-0.3, -0.25) is 4.68 Å². The fourth-order valence-electron chi connectivity index (χ4n) is 3.75. The first kappa shape index (κ1) is 22.8. The third-order valence-corrected chi connectivity index (χ3v) is 5.59. The van der Waals surface area contributed by atoms with Crippen molar-refractivity contribution in [3.8, 4) is 6.07 Å². The summed E-state index contributed by atoms with van der Waals surface area (Å²) >= 11 is 0. The summed E-state index contributed by atoms with van der Waals surface area (Å²) in [6.07, 6.45) is -1.31. The Hall–Kier alpha value is -2.87. The van der Waals surface area contributed by atoms with E-state index in [9.17, 15) is 23.5 Å². The van der Waals surface area contributed by atoms with Gasteiger partial charge in [-0.1, -0.05) is 13.8 Å². The third-order valence-electron chi connectivity index (χ3n) is 5.59. The Bertz CT molecular complexity index is 971. The second-order valence-corrected chi connectivity index (χ2v) is 8.51. The first-order chi connectivity index (χ1) is 14.5. The highest BCUT2D eigenvalue weighted by atomic mass is 19.4. The smallest absolute Gasteiger partial charge is 0.393 e. The Morgan fingerprint density at radius 2 is 2.13 bits per heavy atom. The molecule has 2 aromatic rings. The van der Waals surface area contributed by atoms with E-state index < -0.39 is 11.9 Å². The van der Waals surface area contributed by atoms with E-state index in [1.54, 1.807) is 6.92 Å². The first-order valence-corrected chi connectivity index (χ1v) is 10.1. The lowest BCUT2D eigenvalue weighted by atomic mass is 9.73. The molecular formula is C20H28F3N7O. The molecule has 0 bridgehead atoms. The number of rotatable bonds is 6. The number of nitrogens with one attached hydrogen (secondary N) is 2. The van der Waals surface area contributed by atoms with E-state index in [0.717, 1.165) is 18.9 Å². The molecule has 0 spiro atoms. The van der Waals surface area contributed by atoms with Gasteiger partial charge in [0.25, 0.3) is 0 Å². The Kier molecular flexibility index (Phi) is 6.40. The van der Waals surface area contributed by atoms with Gasteiger partial charge in [-0.05, 0) is 37.7 Å². The van der Waals surface area contributed by atoms with E-state index in [0.29, 0.717) is 23.5 Å². The normalized spacial score (nSPS) is 20.8. The first-order valence-electron chi connectivity index (χ1n) is 10.1. The Balaban J connectivity index is 0.00000363. The van der Waals surface area contributed by atoms with Gasteiger partial charge in [0.2, 0.25) is 5.95 Å². The Labute approximate surface area is 180 Å². The SMILES string of the molecule is Cc1cc(C(F)(F)F)nn1CCNc1ncc(C#N)c(N[C@@H]2CC[C@H](O)C(C)(C)C2)n1.[HH]. The molecule has 0 saturated heterocycles. The minimum absolute atomic E-state index is 0. The summed E-state index contributed by atoms with van der Waals surface area (Å²) < 4.78 is 39.6. The van der Waals surface area contributed by atoms with Crippen molar-refractivity contribution in [1.29, 1.82) is 5.26 Å². The molecule has 1 aliphatic carbocycles. The molecule has 1 aliphatic rings. The quantitative estimate of drug-likeness (QED) is 0.631. The van der Waals surface area contributed by atoms with Crippen LogP contribution in [0.2, 0.25) is 0 Å². The number of halogens is 3. The standard InChI is InChI=1S/C20H26F3N7O.H2/c1-12-8-15(20(21,22)23)29-30(12)7-6-25-18-26-11-13(10-24)17(28-18)27-14-4-5-16(31)19(2,3)9-14;/h8,11,14,16,31H,4-7,9H2,1-3H3,(H2,25,26,27,28);1H/t14-,16+;/m1./s1. The van der Waals surface area contributed by atoms with E-state index in [1.807, 2.05) is 13.8 Å². The van der Waals surface area contributed by atoms with Crippen molar-refractivity contribution in [2.24, 2.45) is 5.41 Å². The number of nitrogens with zero attached hydrogens (tertiary/aromatic N) is 5. The summed E-state index contributed by atoms with van der Waals surface area (Å²) in [5.41, 5.74) is -0.466. The fourth-order valence-corrected chi connectivity index (χ4v) is 3.75. The van der Waals surface area contributed by atoms with Gasteiger partial charge in [-0.15, -0.1) is 0 Å². The predicted octanol–water partition coefficient (Wildman–Crippen LogP) is 3.58. The minimum Gasteiger partial charge on any atom is -0.393 e. The third kappa shape index (κ3) is 5.44. The molecule has 0 aromatic carbocycles. The number of alkyl halides is 3. The number of aliphatic hydroxyl groups is 1. The minimum atomic E-state index is -4.48. The summed E-state index contributed by atoms with van der Waals surface area (Å²) in [6, 6.07) is 3.12. The largest absolute Gasteiger partial charge is 0.435 e. The number of aromatic nitrogens is 4. The topological polar surface area (TPSA) is 112 Å². The average Bonchev–Trinajstić information content (AvgIpc) is 3.06. The molecule has 0 radical (unpaired) electrons. The number of hydrogen-bond acceptors (Lipinski definition) is 7. The highest BCUT2D eigenvalue weighted by Crippen LogP contribution is 2.37. The summed E-state index contributed by atoms with van der Waals surface area (Å²) in [7, 11) is 0. The highest BCUT2D eigenvalue weighted by Gasteiger charge is 2.36. The monoisotopic (exact) mass is 439 g/mol. The van der Waals surface area contributed by atoms with Gasteiger partial charge < -0.3 is 15.7 Å². The van der Waals surface area contributed by atoms with E-state index >= 15 is 0 Å². The summed E-state index contributed by atoms with van der Waals surface area (Å²) in [6.45, 7) is 6.03. The van der Waals surface area contributed by atoms with Crippen LogP contribution in [0.4, 0.5) is 24.9 Å². The highest BCUT2D eigenvalue weighted by molar-refractivity contribution is 5.54. The number of aryl methyl sites for hydroxylation is 1.